The number of hydrogen-bond donors (Lipinski definition) is 2. The summed E-state index contributed by atoms with van der Waals surface area (Å²) in [5, 5.41) is 9.78. The first-order valence-corrected chi connectivity index (χ1v) is 9.44. The van der Waals surface area contributed by atoms with Gasteiger partial charge in [0.25, 0.3) is 5.91 Å². The maximum absolute atomic E-state index is 12.3. The second-order valence-corrected chi connectivity index (χ2v) is 6.72. The zero-order valence-corrected chi connectivity index (χ0v) is 16.0. The van der Waals surface area contributed by atoms with Gasteiger partial charge in [0.1, 0.15) is 12.1 Å². The van der Waals surface area contributed by atoms with Gasteiger partial charge in [-0.1, -0.05) is 37.3 Å². The fourth-order valence-electron chi connectivity index (χ4n) is 3.36. The summed E-state index contributed by atoms with van der Waals surface area (Å²) >= 11 is 0. The van der Waals surface area contributed by atoms with Gasteiger partial charge in [-0.15, -0.1) is 0 Å². The minimum absolute atomic E-state index is 0.110. The first-order chi connectivity index (χ1) is 14.1. The van der Waals surface area contributed by atoms with E-state index in [1.54, 1.807) is 10.7 Å². The fraction of sp³-hybridized carbons (Fsp3) is 0.238. The second-order valence-electron chi connectivity index (χ2n) is 6.72. The van der Waals surface area contributed by atoms with E-state index in [4.69, 9.17) is 4.74 Å². The van der Waals surface area contributed by atoms with Crippen molar-refractivity contribution in [2.24, 2.45) is 0 Å². The molecule has 0 aliphatic carbocycles. The van der Waals surface area contributed by atoms with Crippen LogP contribution in [0.3, 0.4) is 0 Å². The number of nitrogens with zero attached hydrogens (tertiary/aromatic N) is 3. The third kappa shape index (κ3) is 4.11. The Hall–Kier alpha value is -3.68. The van der Waals surface area contributed by atoms with Crippen molar-refractivity contribution >= 4 is 23.5 Å². The molecule has 4 rings (SSSR count). The summed E-state index contributed by atoms with van der Waals surface area (Å²) in [5.41, 5.74) is 2.73. The van der Waals surface area contributed by atoms with Crippen LogP contribution >= 0.6 is 0 Å². The molecular formula is C21H21N5O3. The number of anilines is 2. The van der Waals surface area contributed by atoms with Gasteiger partial charge in [0, 0.05) is 5.69 Å². The van der Waals surface area contributed by atoms with Gasteiger partial charge >= 0.3 is 0 Å². The lowest BCUT2D eigenvalue weighted by Gasteiger charge is -2.24. The van der Waals surface area contributed by atoms with E-state index in [0.29, 0.717) is 11.7 Å². The van der Waals surface area contributed by atoms with E-state index in [1.165, 1.54) is 6.33 Å². The highest BCUT2D eigenvalue weighted by Gasteiger charge is 2.27. The topological polar surface area (TPSA) is 98.1 Å². The number of ether oxygens (including phenoxy) is 1. The highest BCUT2D eigenvalue weighted by Crippen LogP contribution is 2.30. The molecule has 148 valence electrons. The lowest BCUT2D eigenvalue weighted by atomic mass is 10.0. The van der Waals surface area contributed by atoms with E-state index in [1.807, 2.05) is 49.4 Å². The van der Waals surface area contributed by atoms with Gasteiger partial charge in [0.2, 0.25) is 11.9 Å². The van der Waals surface area contributed by atoms with Crippen molar-refractivity contribution in [3.63, 3.8) is 0 Å². The number of amides is 2. The zero-order chi connectivity index (χ0) is 20.2. The van der Waals surface area contributed by atoms with E-state index < -0.39 is 0 Å². The molecule has 0 fully saturated rings. The van der Waals surface area contributed by atoms with Crippen LogP contribution in [0, 0.1) is 0 Å². The Bertz CT molecular complexity index is 1050. The summed E-state index contributed by atoms with van der Waals surface area (Å²) in [7, 11) is 0. The molecule has 8 heteroatoms. The van der Waals surface area contributed by atoms with Crippen molar-refractivity contribution in [1.82, 2.24) is 14.8 Å². The number of benzene rings is 2. The third-order valence-electron chi connectivity index (χ3n) is 4.78. The summed E-state index contributed by atoms with van der Waals surface area (Å²) < 4.78 is 7.36. The largest absolute Gasteiger partial charge is 0.484 e. The molecule has 2 N–H and O–H groups in total. The standard InChI is InChI=1S/C21H21N5O3/c1-2-14-6-3-4-9-17(14)24-20(28)12-29-16-8-5-7-15(10-16)18-11-19(27)25-21-22-13-23-26(18)21/h3-10,13,18H,2,11-12H2,1H3,(H,24,28)(H,22,23,25,27)/t18-/m0/s1. The maximum atomic E-state index is 12.3. The highest BCUT2D eigenvalue weighted by atomic mass is 16.5. The van der Waals surface area contributed by atoms with Crippen molar-refractivity contribution in [2.45, 2.75) is 25.8 Å². The summed E-state index contributed by atoms with van der Waals surface area (Å²) in [6.45, 7) is 1.93. The average molecular weight is 391 g/mol. The van der Waals surface area contributed by atoms with Crippen molar-refractivity contribution in [1.29, 1.82) is 0 Å². The number of hydrogen-bond acceptors (Lipinski definition) is 5. The summed E-state index contributed by atoms with van der Waals surface area (Å²) in [5.74, 6) is 0.628. The number of rotatable bonds is 6. The smallest absolute Gasteiger partial charge is 0.262 e. The molecule has 0 spiro atoms. The summed E-state index contributed by atoms with van der Waals surface area (Å²) in [4.78, 5) is 28.3. The molecular weight excluding hydrogens is 370 g/mol. The Morgan fingerprint density at radius 3 is 3.00 bits per heavy atom. The van der Waals surface area contributed by atoms with Crippen molar-refractivity contribution in [3.05, 3.63) is 66.0 Å². The Morgan fingerprint density at radius 2 is 2.14 bits per heavy atom. The molecule has 0 saturated heterocycles. The van der Waals surface area contributed by atoms with Gasteiger partial charge in [-0.05, 0) is 35.7 Å². The molecule has 0 unspecified atom stereocenters. The molecule has 1 aliphatic heterocycles. The second kappa shape index (κ2) is 8.14. The number of aromatic nitrogens is 3. The van der Waals surface area contributed by atoms with Gasteiger partial charge in [0.05, 0.1) is 12.5 Å². The normalized spacial score (nSPS) is 15.3. The van der Waals surface area contributed by atoms with Crippen LogP contribution in [0.25, 0.3) is 0 Å². The van der Waals surface area contributed by atoms with Gasteiger partial charge < -0.3 is 10.1 Å². The lowest BCUT2D eigenvalue weighted by Crippen LogP contribution is -2.29. The van der Waals surface area contributed by atoms with E-state index in [0.717, 1.165) is 23.2 Å². The van der Waals surface area contributed by atoms with E-state index in [9.17, 15) is 9.59 Å². The van der Waals surface area contributed by atoms with Gasteiger partial charge in [-0.3, -0.25) is 14.9 Å². The molecule has 29 heavy (non-hydrogen) atoms. The number of aryl methyl sites for hydroxylation is 1. The molecule has 1 aliphatic rings. The molecule has 0 radical (unpaired) electrons. The molecule has 1 atom stereocenters. The highest BCUT2D eigenvalue weighted by molar-refractivity contribution is 5.92. The van der Waals surface area contributed by atoms with Crippen LogP contribution in [0.2, 0.25) is 0 Å². The van der Waals surface area contributed by atoms with E-state index in [-0.39, 0.29) is 30.9 Å². The molecule has 0 saturated carbocycles. The van der Waals surface area contributed by atoms with Crippen LogP contribution in [0.1, 0.15) is 30.5 Å². The van der Waals surface area contributed by atoms with Crippen LogP contribution in [-0.2, 0) is 16.0 Å². The SMILES string of the molecule is CCc1ccccc1NC(=O)COc1cccc([C@@H]2CC(=O)Nc3ncnn32)c1. The Kier molecular flexibility index (Phi) is 5.24. The fourth-order valence-corrected chi connectivity index (χ4v) is 3.36. The Morgan fingerprint density at radius 1 is 1.28 bits per heavy atom. The van der Waals surface area contributed by atoms with Crippen LogP contribution < -0.4 is 15.4 Å². The monoisotopic (exact) mass is 391 g/mol. The summed E-state index contributed by atoms with van der Waals surface area (Å²) in [6.07, 6.45) is 2.50. The van der Waals surface area contributed by atoms with Crippen LogP contribution in [0.4, 0.5) is 11.6 Å². The molecule has 0 bridgehead atoms. The third-order valence-corrected chi connectivity index (χ3v) is 4.78. The van der Waals surface area contributed by atoms with Crippen LogP contribution in [0.5, 0.6) is 5.75 Å². The number of nitrogens with one attached hydrogen (secondary N) is 2. The number of carbonyl (C=O) groups excluding carboxylic acids is 2. The zero-order valence-electron chi connectivity index (χ0n) is 16.0. The van der Waals surface area contributed by atoms with Crippen molar-refractivity contribution in [2.75, 3.05) is 17.2 Å². The Balaban J connectivity index is 1.44. The first kappa shape index (κ1) is 18.7. The Labute approximate surface area is 167 Å². The minimum atomic E-state index is -0.268. The maximum Gasteiger partial charge on any atom is 0.262 e. The molecule has 1 aromatic heterocycles. The predicted molar refractivity (Wildman–Crippen MR) is 108 cm³/mol. The number of fused-ring (bicyclic) bond motifs is 1. The van der Waals surface area contributed by atoms with Gasteiger partial charge in [-0.2, -0.15) is 10.1 Å². The van der Waals surface area contributed by atoms with Gasteiger partial charge in [0.15, 0.2) is 6.61 Å². The molecule has 2 aromatic carbocycles. The minimum Gasteiger partial charge on any atom is -0.484 e. The number of para-hydroxylation sites is 1. The van der Waals surface area contributed by atoms with Crippen LogP contribution in [-0.4, -0.2) is 33.2 Å². The van der Waals surface area contributed by atoms with E-state index in [2.05, 4.69) is 20.7 Å². The average Bonchev–Trinajstić information content (AvgIpc) is 3.20. The predicted octanol–water partition coefficient (Wildman–Crippen LogP) is 2.79. The quantitative estimate of drug-likeness (QED) is 0.673. The number of carbonyl (C=O) groups is 2. The van der Waals surface area contributed by atoms with Crippen LogP contribution in [0.15, 0.2) is 54.9 Å². The summed E-state index contributed by atoms with van der Waals surface area (Å²) in [6, 6.07) is 14.8. The van der Waals surface area contributed by atoms with Crippen molar-refractivity contribution in [3.8, 4) is 5.75 Å². The lowest BCUT2D eigenvalue weighted by molar-refractivity contribution is -0.118. The van der Waals surface area contributed by atoms with Crippen molar-refractivity contribution < 1.29 is 14.3 Å². The molecule has 2 heterocycles. The van der Waals surface area contributed by atoms with Gasteiger partial charge in [-0.25, -0.2) is 4.68 Å². The molecule has 3 aromatic rings. The molecule has 8 nitrogen and oxygen atoms in total. The van der Waals surface area contributed by atoms with E-state index >= 15 is 0 Å². The first-order valence-electron chi connectivity index (χ1n) is 9.44. The molecule has 2 amide bonds.